The van der Waals surface area contributed by atoms with E-state index in [1.807, 2.05) is 0 Å². The van der Waals surface area contributed by atoms with Crippen LogP contribution in [0.1, 0.15) is 16.1 Å². The second-order valence-electron chi connectivity index (χ2n) is 6.76. The molecule has 4 rings (SSSR count). The molecule has 0 radical (unpaired) electrons. The Morgan fingerprint density at radius 2 is 1.85 bits per heavy atom. The standard InChI is InChI=1S/C22H13Cl2N3O5S2/c23-15-7-5-11(9-16(15)24)25-21(31)26-27-19(28)18(34-22(27)33)10-12-6-8-17(32-12)13-3-1-2-4-14(13)20(29)30/h1-10H,(H,29,30)(H2,25,26,31). The number of amides is 3. The van der Waals surface area contributed by atoms with Gasteiger partial charge in [-0.05, 0) is 48.6 Å². The number of carbonyl (C=O) groups is 3. The maximum absolute atomic E-state index is 12.8. The number of thiocarbonyl (C=S) groups is 1. The van der Waals surface area contributed by atoms with E-state index in [1.165, 1.54) is 24.3 Å². The van der Waals surface area contributed by atoms with E-state index in [4.69, 9.17) is 39.8 Å². The molecule has 2 heterocycles. The van der Waals surface area contributed by atoms with Gasteiger partial charge in [0.1, 0.15) is 11.5 Å². The van der Waals surface area contributed by atoms with Gasteiger partial charge < -0.3 is 14.8 Å². The summed E-state index contributed by atoms with van der Waals surface area (Å²) in [5.74, 6) is -0.988. The number of urea groups is 1. The van der Waals surface area contributed by atoms with Crippen LogP contribution in [-0.4, -0.2) is 32.3 Å². The average molecular weight is 534 g/mol. The van der Waals surface area contributed by atoms with Gasteiger partial charge in [0.15, 0.2) is 4.32 Å². The highest BCUT2D eigenvalue weighted by atomic mass is 35.5. The van der Waals surface area contributed by atoms with E-state index in [2.05, 4.69) is 10.7 Å². The highest BCUT2D eigenvalue weighted by Crippen LogP contribution is 2.33. The predicted octanol–water partition coefficient (Wildman–Crippen LogP) is 5.89. The summed E-state index contributed by atoms with van der Waals surface area (Å²) >= 11 is 18.0. The smallest absolute Gasteiger partial charge is 0.338 e. The summed E-state index contributed by atoms with van der Waals surface area (Å²) in [4.78, 5) is 36.8. The summed E-state index contributed by atoms with van der Waals surface area (Å²) in [6, 6.07) is 13.5. The zero-order chi connectivity index (χ0) is 24.4. The van der Waals surface area contributed by atoms with Crippen LogP contribution in [0.25, 0.3) is 17.4 Å². The second kappa shape index (κ2) is 9.90. The number of nitrogens with one attached hydrogen (secondary N) is 2. The van der Waals surface area contributed by atoms with Crippen LogP contribution in [0.15, 0.2) is 63.9 Å². The largest absolute Gasteiger partial charge is 0.478 e. The van der Waals surface area contributed by atoms with Crippen LogP contribution in [0.4, 0.5) is 10.5 Å². The molecule has 3 amide bonds. The van der Waals surface area contributed by atoms with Gasteiger partial charge in [0.25, 0.3) is 5.91 Å². The fourth-order valence-corrected chi connectivity index (χ4v) is 4.45. The van der Waals surface area contributed by atoms with Crippen molar-refractivity contribution < 1.29 is 23.9 Å². The lowest BCUT2D eigenvalue weighted by Crippen LogP contribution is -2.46. The molecule has 1 fully saturated rings. The van der Waals surface area contributed by atoms with Gasteiger partial charge in [-0.1, -0.05) is 53.2 Å². The number of nitrogens with zero attached hydrogens (tertiary/aromatic N) is 1. The summed E-state index contributed by atoms with van der Waals surface area (Å²) in [5.41, 5.74) is 3.25. The number of thioether (sulfide) groups is 1. The first-order chi connectivity index (χ1) is 16.2. The summed E-state index contributed by atoms with van der Waals surface area (Å²) in [6.07, 6.45) is 1.46. The van der Waals surface area contributed by atoms with Crippen molar-refractivity contribution in [1.29, 1.82) is 0 Å². The van der Waals surface area contributed by atoms with Crippen LogP contribution in [0.3, 0.4) is 0 Å². The Labute approximate surface area is 212 Å². The molecular formula is C22H13Cl2N3O5S2. The number of hydrazine groups is 1. The van der Waals surface area contributed by atoms with Crippen molar-refractivity contribution in [2.24, 2.45) is 0 Å². The fraction of sp³-hybridized carbons (Fsp3) is 0. The first-order valence-electron chi connectivity index (χ1n) is 9.46. The van der Waals surface area contributed by atoms with Crippen molar-refractivity contribution in [3.05, 3.63) is 80.9 Å². The first-order valence-corrected chi connectivity index (χ1v) is 11.4. The molecule has 0 bridgehead atoms. The zero-order valence-electron chi connectivity index (χ0n) is 16.9. The molecular weight excluding hydrogens is 521 g/mol. The third-order valence-electron chi connectivity index (χ3n) is 4.51. The molecule has 8 nitrogen and oxygen atoms in total. The normalized spacial score (nSPS) is 14.5. The Morgan fingerprint density at radius 3 is 2.59 bits per heavy atom. The highest BCUT2D eigenvalue weighted by Gasteiger charge is 2.34. The Bertz CT molecular complexity index is 1370. The molecule has 34 heavy (non-hydrogen) atoms. The van der Waals surface area contributed by atoms with E-state index in [9.17, 15) is 19.5 Å². The SMILES string of the molecule is O=C(Nc1ccc(Cl)c(Cl)c1)NN1C(=O)C(=Cc2ccc(-c3ccccc3C(=O)O)o2)SC1=S. The van der Waals surface area contributed by atoms with Crippen LogP contribution in [0, 0.1) is 0 Å². The van der Waals surface area contributed by atoms with E-state index in [-0.39, 0.29) is 19.8 Å². The quantitative estimate of drug-likeness (QED) is 0.277. The first kappa shape index (κ1) is 23.8. The number of carboxylic acids is 1. The number of hydrogen-bond acceptors (Lipinski definition) is 6. The maximum Gasteiger partial charge on any atom is 0.338 e. The highest BCUT2D eigenvalue weighted by molar-refractivity contribution is 8.26. The Balaban J connectivity index is 1.48. The molecule has 0 saturated carbocycles. The van der Waals surface area contributed by atoms with Crippen molar-refractivity contribution in [3.63, 3.8) is 0 Å². The lowest BCUT2D eigenvalue weighted by atomic mass is 10.1. The number of carbonyl (C=O) groups excluding carboxylic acids is 2. The molecule has 3 N–H and O–H groups in total. The monoisotopic (exact) mass is 533 g/mol. The Hall–Kier alpha value is -3.31. The molecule has 0 aliphatic carbocycles. The number of aromatic carboxylic acids is 1. The second-order valence-corrected chi connectivity index (χ2v) is 9.25. The van der Waals surface area contributed by atoms with Crippen LogP contribution in [0.5, 0.6) is 0 Å². The van der Waals surface area contributed by atoms with Crippen LogP contribution < -0.4 is 10.7 Å². The Morgan fingerprint density at radius 1 is 1.09 bits per heavy atom. The molecule has 1 aliphatic rings. The molecule has 1 aromatic heterocycles. The van der Waals surface area contributed by atoms with E-state index in [0.717, 1.165) is 16.8 Å². The number of benzene rings is 2. The van der Waals surface area contributed by atoms with E-state index in [1.54, 1.807) is 36.4 Å². The lowest BCUT2D eigenvalue weighted by Gasteiger charge is -2.16. The number of rotatable bonds is 5. The number of hydrogen-bond donors (Lipinski definition) is 3. The Kier molecular flexibility index (Phi) is 6.94. The van der Waals surface area contributed by atoms with Crippen molar-refractivity contribution in [1.82, 2.24) is 10.4 Å². The van der Waals surface area contributed by atoms with E-state index >= 15 is 0 Å². The van der Waals surface area contributed by atoms with Crippen LogP contribution in [-0.2, 0) is 4.79 Å². The third kappa shape index (κ3) is 5.10. The van der Waals surface area contributed by atoms with Gasteiger partial charge in [-0.2, -0.15) is 5.01 Å². The maximum atomic E-state index is 12.8. The number of carboxylic acid groups (broad SMARTS) is 1. The van der Waals surface area contributed by atoms with Crippen LogP contribution >= 0.6 is 47.2 Å². The third-order valence-corrected chi connectivity index (χ3v) is 6.55. The van der Waals surface area contributed by atoms with Gasteiger partial charge in [0, 0.05) is 17.3 Å². The number of anilines is 1. The minimum Gasteiger partial charge on any atom is -0.478 e. The molecule has 172 valence electrons. The zero-order valence-corrected chi connectivity index (χ0v) is 20.0. The molecule has 1 aliphatic heterocycles. The summed E-state index contributed by atoms with van der Waals surface area (Å²) in [6.45, 7) is 0. The van der Waals surface area contributed by atoms with Crippen LogP contribution in [0.2, 0.25) is 10.0 Å². The van der Waals surface area contributed by atoms with Crippen molar-refractivity contribution >= 4 is 81.2 Å². The van der Waals surface area contributed by atoms with Crippen molar-refractivity contribution in [2.75, 3.05) is 5.32 Å². The molecule has 12 heteroatoms. The summed E-state index contributed by atoms with van der Waals surface area (Å²) in [5, 5.41) is 13.4. The minimum absolute atomic E-state index is 0.0897. The van der Waals surface area contributed by atoms with Gasteiger partial charge in [0.2, 0.25) is 0 Å². The van der Waals surface area contributed by atoms with Crippen molar-refractivity contribution in [3.8, 4) is 11.3 Å². The minimum atomic E-state index is -1.08. The average Bonchev–Trinajstić information content (AvgIpc) is 3.36. The van der Waals surface area contributed by atoms with Gasteiger partial charge in [0.05, 0.1) is 20.5 Å². The molecule has 2 aromatic carbocycles. The van der Waals surface area contributed by atoms with E-state index < -0.39 is 17.9 Å². The van der Waals surface area contributed by atoms with Gasteiger partial charge in [-0.25, -0.2) is 15.0 Å². The van der Waals surface area contributed by atoms with Gasteiger partial charge in [-0.3, -0.25) is 4.79 Å². The molecule has 0 atom stereocenters. The lowest BCUT2D eigenvalue weighted by molar-refractivity contribution is -0.123. The fourth-order valence-electron chi connectivity index (χ4n) is 2.99. The summed E-state index contributed by atoms with van der Waals surface area (Å²) < 4.78 is 5.85. The van der Waals surface area contributed by atoms with Gasteiger partial charge in [-0.15, -0.1) is 0 Å². The van der Waals surface area contributed by atoms with Gasteiger partial charge >= 0.3 is 12.0 Å². The molecule has 1 saturated heterocycles. The number of halogens is 2. The molecule has 3 aromatic rings. The topological polar surface area (TPSA) is 112 Å². The molecule has 0 unspecified atom stereocenters. The summed E-state index contributed by atoms with van der Waals surface area (Å²) in [7, 11) is 0. The van der Waals surface area contributed by atoms with Crippen molar-refractivity contribution in [2.45, 2.75) is 0 Å². The van der Waals surface area contributed by atoms with E-state index in [0.29, 0.717) is 27.8 Å². The number of furan rings is 1. The molecule has 0 spiro atoms. The predicted molar refractivity (Wildman–Crippen MR) is 135 cm³/mol.